The van der Waals surface area contributed by atoms with Crippen LogP contribution in [0.3, 0.4) is 0 Å². The van der Waals surface area contributed by atoms with Gasteiger partial charge in [-0.15, -0.1) is 0 Å². The van der Waals surface area contributed by atoms with Gasteiger partial charge in [-0.3, -0.25) is 9.69 Å². The van der Waals surface area contributed by atoms with E-state index in [1.165, 1.54) is 6.92 Å². The average Bonchev–Trinajstić information content (AvgIpc) is 2.92. The van der Waals surface area contributed by atoms with Gasteiger partial charge in [-0.1, -0.05) is 0 Å². The molecule has 1 aliphatic rings. The van der Waals surface area contributed by atoms with Crippen molar-refractivity contribution in [3.05, 3.63) is 23.7 Å². The summed E-state index contributed by atoms with van der Waals surface area (Å²) in [5.74, 6) is -0.598. The molecule has 0 radical (unpaired) electrons. The topological polar surface area (TPSA) is 65.7 Å². The third kappa shape index (κ3) is 4.98. The molecule has 8 heteroatoms. The Morgan fingerprint density at radius 2 is 2.00 bits per heavy atom. The van der Waals surface area contributed by atoms with Gasteiger partial charge in [0.25, 0.3) is 0 Å². The number of hydrogen-bond acceptors (Lipinski definition) is 4. The largest absolute Gasteiger partial charge is 0.463 e. The summed E-state index contributed by atoms with van der Waals surface area (Å²) in [5.41, 5.74) is -1.34. The molecule has 0 aliphatic carbocycles. The number of carbonyl (C=O) groups excluding carboxylic acids is 1. The Kier molecular flexibility index (Phi) is 5.59. The van der Waals surface area contributed by atoms with E-state index in [4.69, 9.17) is 4.42 Å². The van der Waals surface area contributed by atoms with Crippen LogP contribution in [0.2, 0.25) is 0 Å². The Hall–Kier alpha value is -1.54. The number of rotatable bonds is 5. The maximum Gasteiger partial charge on any atom is 0.391 e. The second kappa shape index (κ2) is 7.14. The van der Waals surface area contributed by atoms with Crippen LogP contribution in [0.5, 0.6) is 0 Å². The van der Waals surface area contributed by atoms with Crippen molar-refractivity contribution in [2.45, 2.75) is 38.5 Å². The van der Waals surface area contributed by atoms with E-state index in [0.29, 0.717) is 11.5 Å². The van der Waals surface area contributed by atoms with Gasteiger partial charge < -0.3 is 14.8 Å². The van der Waals surface area contributed by atoms with Crippen LogP contribution in [0, 0.1) is 12.8 Å². The van der Waals surface area contributed by atoms with Gasteiger partial charge in [-0.2, -0.15) is 13.2 Å². The summed E-state index contributed by atoms with van der Waals surface area (Å²) in [7, 11) is 0. The molecule has 1 atom stereocenters. The van der Waals surface area contributed by atoms with Crippen LogP contribution in [0.25, 0.3) is 0 Å². The molecule has 5 nitrogen and oxygen atoms in total. The number of furan rings is 1. The number of aliphatic hydroxyl groups is 1. The molecule has 0 aromatic carbocycles. The lowest BCUT2D eigenvalue weighted by atomic mass is 9.96. The lowest BCUT2D eigenvalue weighted by Gasteiger charge is -2.32. The standard InChI is InChI=1S/C16H23F3N2O3/c1-11-3-4-13(24-11)15(2,23)10-20-14(22)9-21-7-5-12(6-8-21)16(17,18)19/h3-4,12,23H,5-10H2,1-2H3,(H,20,22). The predicted octanol–water partition coefficient (Wildman–Crippen LogP) is 2.19. The molecule has 1 aromatic heterocycles. The molecule has 0 spiro atoms. The predicted molar refractivity (Wildman–Crippen MR) is 81.2 cm³/mol. The fraction of sp³-hybridized carbons (Fsp3) is 0.688. The van der Waals surface area contributed by atoms with Crippen molar-refractivity contribution < 1.29 is 27.5 Å². The first-order chi connectivity index (χ1) is 11.1. The van der Waals surface area contributed by atoms with Crippen molar-refractivity contribution >= 4 is 5.91 Å². The molecule has 1 fully saturated rings. The van der Waals surface area contributed by atoms with E-state index in [1.54, 1.807) is 24.0 Å². The van der Waals surface area contributed by atoms with Gasteiger partial charge in [0.15, 0.2) is 0 Å². The number of amides is 1. The van der Waals surface area contributed by atoms with E-state index in [1.807, 2.05) is 0 Å². The minimum Gasteiger partial charge on any atom is -0.463 e. The zero-order chi connectivity index (χ0) is 18.0. The molecule has 136 valence electrons. The minimum atomic E-state index is -4.16. The molecule has 1 aliphatic heterocycles. The van der Waals surface area contributed by atoms with Crippen LogP contribution in [0.4, 0.5) is 13.2 Å². The number of hydrogen-bond donors (Lipinski definition) is 2. The number of nitrogens with one attached hydrogen (secondary N) is 1. The first kappa shape index (κ1) is 18.8. The number of nitrogens with zero attached hydrogens (tertiary/aromatic N) is 1. The highest BCUT2D eigenvalue weighted by atomic mass is 19.4. The molecule has 0 saturated carbocycles. The Morgan fingerprint density at radius 1 is 1.38 bits per heavy atom. The fourth-order valence-corrected chi connectivity index (χ4v) is 2.76. The van der Waals surface area contributed by atoms with E-state index in [-0.39, 0.29) is 44.9 Å². The van der Waals surface area contributed by atoms with Gasteiger partial charge in [-0.25, -0.2) is 0 Å². The summed E-state index contributed by atoms with van der Waals surface area (Å²) in [5, 5.41) is 12.9. The fourth-order valence-electron chi connectivity index (χ4n) is 2.76. The van der Waals surface area contributed by atoms with Gasteiger partial charge in [0.05, 0.1) is 19.0 Å². The van der Waals surface area contributed by atoms with Crippen molar-refractivity contribution in [1.82, 2.24) is 10.2 Å². The summed E-state index contributed by atoms with van der Waals surface area (Å²) in [6.45, 7) is 3.76. The molecule has 1 amide bonds. The highest BCUT2D eigenvalue weighted by molar-refractivity contribution is 5.78. The maximum absolute atomic E-state index is 12.6. The van der Waals surface area contributed by atoms with Crippen molar-refractivity contribution in [2.75, 3.05) is 26.2 Å². The molecule has 1 aromatic rings. The number of likely N-dealkylation sites (tertiary alicyclic amines) is 1. The highest BCUT2D eigenvalue weighted by Gasteiger charge is 2.41. The first-order valence-electron chi connectivity index (χ1n) is 7.93. The summed E-state index contributed by atoms with van der Waals surface area (Å²) < 4.78 is 43.2. The summed E-state index contributed by atoms with van der Waals surface area (Å²) in [6, 6.07) is 3.36. The van der Waals surface area contributed by atoms with E-state index in [0.717, 1.165) is 0 Å². The van der Waals surface area contributed by atoms with E-state index >= 15 is 0 Å². The molecule has 1 saturated heterocycles. The lowest BCUT2D eigenvalue weighted by Crippen LogP contribution is -2.46. The SMILES string of the molecule is Cc1ccc(C(C)(O)CNC(=O)CN2CCC(C(F)(F)F)CC2)o1. The maximum atomic E-state index is 12.6. The molecule has 0 bridgehead atoms. The average molecular weight is 348 g/mol. The number of halogens is 3. The summed E-state index contributed by atoms with van der Waals surface area (Å²) >= 11 is 0. The third-order valence-electron chi connectivity index (χ3n) is 4.32. The second-order valence-corrected chi connectivity index (χ2v) is 6.55. The van der Waals surface area contributed by atoms with Gasteiger partial charge in [0.2, 0.25) is 5.91 Å². The van der Waals surface area contributed by atoms with Crippen molar-refractivity contribution in [3.8, 4) is 0 Å². The number of aryl methyl sites for hydroxylation is 1. The van der Waals surface area contributed by atoms with Crippen molar-refractivity contribution in [2.24, 2.45) is 5.92 Å². The van der Waals surface area contributed by atoms with Crippen molar-refractivity contribution in [1.29, 1.82) is 0 Å². The van der Waals surface area contributed by atoms with E-state index in [9.17, 15) is 23.1 Å². The van der Waals surface area contributed by atoms with Crippen LogP contribution in [-0.2, 0) is 10.4 Å². The van der Waals surface area contributed by atoms with Crippen LogP contribution >= 0.6 is 0 Å². The quantitative estimate of drug-likeness (QED) is 0.856. The van der Waals surface area contributed by atoms with Crippen LogP contribution < -0.4 is 5.32 Å². The number of piperidine rings is 1. The summed E-state index contributed by atoms with van der Waals surface area (Å²) in [4.78, 5) is 13.7. The smallest absolute Gasteiger partial charge is 0.391 e. The normalized spacial score (nSPS) is 19.9. The van der Waals surface area contributed by atoms with Crippen LogP contribution in [0.1, 0.15) is 31.3 Å². The molecule has 2 N–H and O–H groups in total. The zero-order valence-electron chi connectivity index (χ0n) is 13.8. The monoisotopic (exact) mass is 348 g/mol. The van der Waals surface area contributed by atoms with Crippen molar-refractivity contribution in [3.63, 3.8) is 0 Å². The molecular weight excluding hydrogens is 325 g/mol. The zero-order valence-corrected chi connectivity index (χ0v) is 13.8. The molecule has 24 heavy (non-hydrogen) atoms. The Labute approximate surface area is 138 Å². The highest BCUT2D eigenvalue weighted by Crippen LogP contribution is 2.33. The Bertz CT molecular complexity index is 561. The second-order valence-electron chi connectivity index (χ2n) is 6.55. The third-order valence-corrected chi connectivity index (χ3v) is 4.32. The minimum absolute atomic E-state index is 0.0141. The van der Waals surface area contributed by atoms with Gasteiger partial charge in [0, 0.05) is 0 Å². The van der Waals surface area contributed by atoms with Gasteiger partial charge >= 0.3 is 6.18 Å². The van der Waals surface area contributed by atoms with Crippen LogP contribution in [-0.4, -0.2) is 48.3 Å². The number of alkyl halides is 3. The summed E-state index contributed by atoms with van der Waals surface area (Å²) in [6.07, 6.45) is -4.13. The number of carbonyl (C=O) groups is 1. The van der Waals surface area contributed by atoms with E-state index in [2.05, 4.69) is 5.32 Å². The Balaban J connectivity index is 1.76. The van der Waals surface area contributed by atoms with Gasteiger partial charge in [0.1, 0.15) is 17.1 Å². The van der Waals surface area contributed by atoms with E-state index < -0.39 is 17.7 Å². The van der Waals surface area contributed by atoms with Crippen LogP contribution in [0.15, 0.2) is 16.5 Å². The molecule has 1 unspecified atom stereocenters. The molecule has 2 heterocycles. The first-order valence-corrected chi connectivity index (χ1v) is 7.93. The van der Waals surface area contributed by atoms with Gasteiger partial charge in [-0.05, 0) is 51.9 Å². The molecular formula is C16H23F3N2O3. The Morgan fingerprint density at radius 3 is 2.50 bits per heavy atom. The molecule has 2 rings (SSSR count). The lowest BCUT2D eigenvalue weighted by molar-refractivity contribution is -0.185.